The average Bonchev–Trinajstić information content (AvgIpc) is 2.11. The van der Waals surface area contributed by atoms with Crippen LogP contribution >= 0.6 is 0 Å². The molecule has 3 nitrogen and oxygen atoms in total. The van der Waals surface area contributed by atoms with Gasteiger partial charge in [0.1, 0.15) is 12.7 Å². The third-order valence-corrected chi connectivity index (χ3v) is 2.02. The second-order valence-electron chi connectivity index (χ2n) is 3.43. The van der Waals surface area contributed by atoms with E-state index in [0.29, 0.717) is 6.61 Å². The molecule has 0 aromatic heterocycles. The molecule has 88 valence electrons. The summed E-state index contributed by atoms with van der Waals surface area (Å²) in [6.07, 6.45) is -5.15. The quantitative estimate of drug-likeness (QED) is 0.715. The predicted octanol–water partition coefficient (Wildman–Crippen LogP) is 1.70. The van der Waals surface area contributed by atoms with Gasteiger partial charge in [0.25, 0.3) is 0 Å². The molecule has 0 aromatic rings. The minimum atomic E-state index is -4.35. The molecule has 0 N–H and O–H groups in total. The lowest BCUT2D eigenvalue weighted by atomic mass is 9.90. The molecular weight excluding hydrogens is 213 g/mol. The van der Waals surface area contributed by atoms with E-state index >= 15 is 0 Å². The van der Waals surface area contributed by atoms with Gasteiger partial charge >= 0.3 is 6.18 Å². The number of hydrogen-bond acceptors (Lipinski definition) is 3. The van der Waals surface area contributed by atoms with E-state index in [1.54, 1.807) is 0 Å². The first-order chi connectivity index (χ1) is 6.94. The molecule has 2 unspecified atom stereocenters. The number of alkyl halides is 3. The van der Waals surface area contributed by atoms with Crippen molar-refractivity contribution in [3.63, 3.8) is 0 Å². The molecule has 1 rings (SSSR count). The molecule has 0 amide bonds. The molecule has 1 aliphatic carbocycles. The van der Waals surface area contributed by atoms with Gasteiger partial charge in [-0.15, -0.1) is 0 Å². The molecule has 0 bridgehead atoms. The van der Waals surface area contributed by atoms with Gasteiger partial charge in [-0.05, 0) is 6.42 Å². The summed E-state index contributed by atoms with van der Waals surface area (Å²) in [5.74, 6) is -0.185. The lowest BCUT2D eigenvalue weighted by Crippen LogP contribution is -2.51. The van der Waals surface area contributed by atoms with Gasteiger partial charge in [0.2, 0.25) is 0 Å². The molecule has 0 radical (unpaired) electrons. The topological polar surface area (TPSA) is 35.5 Å². The van der Waals surface area contributed by atoms with Gasteiger partial charge in [0, 0.05) is 13.0 Å². The number of carbonyl (C=O) groups excluding carboxylic acids is 1. The molecule has 0 saturated heterocycles. The smallest absolute Gasteiger partial charge is 0.368 e. The second-order valence-corrected chi connectivity index (χ2v) is 3.43. The van der Waals surface area contributed by atoms with Crippen molar-refractivity contribution in [3.8, 4) is 0 Å². The Morgan fingerprint density at radius 2 is 2.07 bits per heavy atom. The van der Waals surface area contributed by atoms with Crippen molar-refractivity contribution in [2.45, 2.75) is 38.1 Å². The first-order valence-electron chi connectivity index (χ1n) is 4.76. The number of ether oxygens (including phenoxy) is 2. The normalized spacial score (nSPS) is 26.5. The number of halogens is 3. The Morgan fingerprint density at radius 1 is 1.40 bits per heavy atom. The minimum Gasteiger partial charge on any atom is -0.368 e. The number of ketones is 1. The van der Waals surface area contributed by atoms with Gasteiger partial charge < -0.3 is 9.47 Å². The van der Waals surface area contributed by atoms with Crippen molar-refractivity contribution in [2.24, 2.45) is 0 Å². The monoisotopic (exact) mass is 226 g/mol. The van der Waals surface area contributed by atoms with E-state index < -0.39 is 25.0 Å². The summed E-state index contributed by atoms with van der Waals surface area (Å²) in [4.78, 5) is 11.0. The van der Waals surface area contributed by atoms with Crippen LogP contribution in [0.25, 0.3) is 0 Å². The Hall–Kier alpha value is -0.620. The number of hydrogen-bond donors (Lipinski definition) is 0. The van der Waals surface area contributed by atoms with Gasteiger partial charge in [0.15, 0.2) is 5.78 Å². The Morgan fingerprint density at radius 3 is 2.53 bits per heavy atom. The van der Waals surface area contributed by atoms with Crippen LogP contribution in [-0.2, 0) is 14.3 Å². The van der Waals surface area contributed by atoms with Gasteiger partial charge in [-0.25, -0.2) is 0 Å². The summed E-state index contributed by atoms with van der Waals surface area (Å²) in [7, 11) is 0. The molecule has 2 atom stereocenters. The van der Waals surface area contributed by atoms with E-state index in [1.165, 1.54) is 0 Å². The van der Waals surface area contributed by atoms with Gasteiger partial charge in [-0.1, -0.05) is 6.92 Å². The largest absolute Gasteiger partial charge is 0.411 e. The van der Waals surface area contributed by atoms with Crippen LogP contribution in [0.3, 0.4) is 0 Å². The molecule has 15 heavy (non-hydrogen) atoms. The van der Waals surface area contributed by atoms with Crippen LogP contribution in [0.2, 0.25) is 0 Å². The van der Waals surface area contributed by atoms with Crippen LogP contribution in [0.4, 0.5) is 13.2 Å². The van der Waals surface area contributed by atoms with E-state index in [0.717, 1.165) is 6.42 Å². The zero-order valence-electron chi connectivity index (χ0n) is 8.34. The Labute approximate surface area is 85.5 Å². The summed E-state index contributed by atoms with van der Waals surface area (Å²) in [6, 6.07) is 0. The van der Waals surface area contributed by atoms with E-state index in [2.05, 4.69) is 4.74 Å². The lowest BCUT2D eigenvalue weighted by Gasteiger charge is -2.34. The molecule has 6 heteroatoms. The van der Waals surface area contributed by atoms with E-state index in [9.17, 15) is 18.0 Å². The molecule has 0 aromatic carbocycles. The first kappa shape index (κ1) is 12.4. The molecule has 1 fully saturated rings. The second kappa shape index (κ2) is 4.94. The van der Waals surface area contributed by atoms with E-state index in [-0.39, 0.29) is 12.2 Å². The minimum absolute atomic E-state index is 0.0183. The van der Waals surface area contributed by atoms with Crippen LogP contribution in [0.1, 0.15) is 19.8 Å². The molecule has 0 heterocycles. The van der Waals surface area contributed by atoms with Crippen LogP contribution in [0, 0.1) is 0 Å². The maximum Gasteiger partial charge on any atom is 0.411 e. The maximum absolute atomic E-state index is 11.8. The summed E-state index contributed by atoms with van der Waals surface area (Å²) in [5, 5.41) is 0. The van der Waals surface area contributed by atoms with Gasteiger partial charge in [0.05, 0.1) is 6.10 Å². The van der Waals surface area contributed by atoms with Crippen molar-refractivity contribution in [3.05, 3.63) is 0 Å². The fourth-order valence-corrected chi connectivity index (χ4v) is 1.26. The third kappa shape index (κ3) is 3.79. The zero-order chi connectivity index (χ0) is 11.5. The number of rotatable bonds is 5. The van der Waals surface area contributed by atoms with Crippen LogP contribution in [0.15, 0.2) is 0 Å². The lowest BCUT2D eigenvalue weighted by molar-refractivity contribution is -0.212. The molecule has 1 saturated carbocycles. The Kier molecular flexibility index (Phi) is 4.10. The number of Topliss-reactive ketones (excluding diaryl/α,β-unsaturated/α-hetero) is 1. The molecule has 1 aliphatic rings. The Bertz CT molecular complexity index is 227. The molecule has 0 spiro atoms. The summed E-state index contributed by atoms with van der Waals surface area (Å²) in [6.45, 7) is 0.897. The van der Waals surface area contributed by atoms with Crippen molar-refractivity contribution in [1.82, 2.24) is 0 Å². The summed E-state index contributed by atoms with van der Waals surface area (Å²) in [5.41, 5.74) is 0. The van der Waals surface area contributed by atoms with Crippen molar-refractivity contribution < 1.29 is 27.4 Å². The fraction of sp³-hybridized carbons (Fsp3) is 0.889. The summed E-state index contributed by atoms with van der Waals surface area (Å²) >= 11 is 0. The van der Waals surface area contributed by atoms with Crippen LogP contribution < -0.4 is 0 Å². The predicted molar refractivity (Wildman–Crippen MR) is 45.5 cm³/mol. The van der Waals surface area contributed by atoms with Gasteiger partial charge in [-0.3, -0.25) is 4.79 Å². The van der Waals surface area contributed by atoms with Crippen molar-refractivity contribution >= 4 is 5.78 Å². The highest BCUT2D eigenvalue weighted by atomic mass is 19.4. The highest BCUT2D eigenvalue weighted by Gasteiger charge is 2.43. The third-order valence-electron chi connectivity index (χ3n) is 2.02. The highest BCUT2D eigenvalue weighted by molar-refractivity contribution is 5.90. The highest BCUT2D eigenvalue weighted by Crippen LogP contribution is 2.25. The van der Waals surface area contributed by atoms with Gasteiger partial charge in [-0.2, -0.15) is 13.2 Å². The van der Waals surface area contributed by atoms with Crippen LogP contribution in [0.5, 0.6) is 0 Å². The Balaban J connectivity index is 2.28. The standard InChI is InChI=1S/C9H13F3O3/c1-2-3-14-8-6(13)4-7(8)15-5-9(10,11)12/h7-8H,2-5H2,1H3. The first-order valence-corrected chi connectivity index (χ1v) is 4.76. The SMILES string of the molecule is CCCOC1C(=O)CC1OCC(F)(F)F. The van der Waals surface area contributed by atoms with E-state index in [1.807, 2.05) is 6.92 Å². The molecule has 0 aliphatic heterocycles. The maximum atomic E-state index is 11.8. The molecular formula is C9H13F3O3. The summed E-state index contributed by atoms with van der Waals surface area (Å²) < 4.78 is 45.0. The van der Waals surface area contributed by atoms with Crippen molar-refractivity contribution in [1.29, 1.82) is 0 Å². The van der Waals surface area contributed by atoms with Crippen molar-refractivity contribution in [2.75, 3.05) is 13.2 Å². The van der Waals surface area contributed by atoms with E-state index in [4.69, 9.17) is 4.74 Å². The number of carbonyl (C=O) groups is 1. The fourth-order valence-electron chi connectivity index (χ4n) is 1.26. The van der Waals surface area contributed by atoms with Crippen LogP contribution in [-0.4, -0.2) is 37.4 Å². The zero-order valence-corrected chi connectivity index (χ0v) is 8.34. The average molecular weight is 226 g/mol.